The number of benzene rings is 1. The maximum atomic E-state index is 12.6. The molecule has 18 heavy (non-hydrogen) atoms. The Balaban J connectivity index is 2.32. The highest BCUT2D eigenvalue weighted by atomic mass is 19.4. The minimum Gasteiger partial charge on any atom is -0.385 e. The largest absolute Gasteiger partial charge is 0.416 e. The van der Waals surface area contributed by atoms with Gasteiger partial charge in [0.1, 0.15) is 0 Å². The first-order chi connectivity index (χ1) is 8.32. The molecular formula is C13H15F3O2. The Hall–Kier alpha value is -1.07. The lowest BCUT2D eigenvalue weighted by atomic mass is 9.82. The molecule has 0 radical (unpaired) electrons. The van der Waals surface area contributed by atoms with Crippen LogP contribution in [0.15, 0.2) is 24.3 Å². The zero-order valence-corrected chi connectivity index (χ0v) is 10.00. The number of halogens is 3. The molecule has 0 aromatic heterocycles. The topological polar surface area (TPSA) is 29.5 Å². The Morgan fingerprint density at radius 1 is 1.28 bits per heavy atom. The number of rotatable bonds is 2. The quantitative estimate of drug-likeness (QED) is 0.885. The summed E-state index contributed by atoms with van der Waals surface area (Å²) < 4.78 is 43.1. The van der Waals surface area contributed by atoms with Gasteiger partial charge in [0.15, 0.2) is 0 Å². The van der Waals surface area contributed by atoms with Gasteiger partial charge in [0.2, 0.25) is 0 Å². The highest BCUT2D eigenvalue weighted by Gasteiger charge is 2.38. The molecule has 2 unspecified atom stereocenters. The van der Waals surface area contributed by atoms with Crippen LogP contribution >= 0.6 is 0 Å². The van der Waals surface area contributed by atoms with Crippen molar-refractivity contribution in [3.8, 4) is 0 Å². The van der Waals surface area contributed by atoms with Crippen LogP contribution in [0.4, 0.5) is 13.2 Å². The summed E-state index contributed by atoms with van der Waals surface area (Å²) in [5.41, 5.74) is -1.75. The number of aliphatic hydroxyl groups is 1. The first-order valence-electron chi connectivity index (χ1n) is 5.79. The zero-order chi connectivity index (χ0) is 13.4. The van der Waals surface area contributed by atoms with Crippen LogP contribution in [0.5, 0.6) is 0 Å². The summed E-state index contributed by atoms with van der Waals surface area (Å²) in [5.74, 6) is -0.166. The molecule has 5 heteroatoms. The van der Waals surface area contributed by atoms with Crippen molar-refractivity contribution in [2.24, 2.45) is 5.92 Å². The number of alkyl halides is 3. The smallest absolute Gasteiger partial charge is 0.385 e. The van der Waals surface area contributed by atoms with Gasteiger partial charge in [-0.1, -0.05) is 12.1 Å². The average molecular weight is 260 g/mol. The first-order valence-corrected chi connectivity index (χ1v) is 5.79. The number of ether oxygens (including phenoxy) is 1. The highest BCUT2D eigenvalue weighted by Crippen LogP contribution is 2.37. The molecule has 1 aromatic carbocycles. The molecular weight excluding hydrogens is 245 g/mol. The lowest BCUT2D eigenvalue weighted by Gasteiger charge is -2.30. The summed E-state index contributed by atoms with van der Waals surface area (Å²) in [6, 6.07) is 4.86. The van der Waals surface area contributed by atoms with Gasteiger partial charge in [0.05, 0.1) is 17.8 Å². The molecule has 0 spiro atoms. The molecule has 2 rings (SSSR count). The molecule has 1 aliphatic rings. The first kappa shape index (κ1) is 13.4. The van der Waals surface area contributed by atoms with E-state index in [1.807, 2.05) is 0 Å². The third kappa shape index (κ3) is 2.52. The fourth-order valence-electron chi connectivity index (χ4n) is 2.22. The fourth-order valence-corrected chi connectivity index (χ4v) is 2.22. The molecule has 1 N–H and O–H groups in total. The van der Waals surface area contributed by atoms with Gasteiger partial charge < -0.3 is 9.84 Å². The van der Waals surface area contributed by atoms with Crippen LogP contribution in [-0.2, 0) is 16.5 Å². The SMILES string of the molecule is CC(O)(c1cccc(C(F)(F)F)c1)C1CCOC1. The number of hydrogen-bond acceptors (Lipinski definition) is 2. The van der Waals surface area contributed by atoms with Crippen molar-refractivity contribution in [1.82, 2.24) is 0 Å². The van der Waals surface area contributed by atoms with Gasteiger partial charge in [0, 0.05) is 12.5 Å². The van der Waals surface area contributed by atoms with E-state index >= 15 is 0 Å². The van der Waals surface area contributed by atoms with E-state index in [0.29, 0.717) is 19.6 Å². The van der Waals surface area contributed by atoms with Gasteiger partial charge >= 0.3 is 6.18 Å². The van der Waals surface area contributed by atoms with Crippen molar-refractivity contribution in [1.29, 1.82) is 0 Å². The lowest BCUT2D eigenvalue weighted by Crippen LogP contribution is -2.32. The van der Waals surface area contributed by atoms with E-state index in [9.17, 15) is 18.3 Å². The van der Waals surface area contributed by atoms with E-state index in [0.717, 1.165) is 12.1 Å². The summed E-state index contributed by atoms with van der Waals surface area (Å²) in [6.07, 6.45) is -3.73. The van der Waals surface area contributed by atoms with Crippen LogP contribution < -0.4 is 0 Å². The summed E-state index contributed by atoms with van der Waals surface area (Å²) in [7, 11) is 0. The zero-order valence-electron chi connectivity index (χ0n) is 10.00. The second-order valence-corrected chi connectivity index (χ2v) is 4.79. The van der Waals surface area contributed by atoms with E-state index in [1.54, 1.807) is 6.92 Å². The van der Waals surface area contributed by atoms with E-state index in [-0.39, 0.29) is 11.5 Å². The predicted molar refractivity (Wildman–Crippen MR) is 59.9 cm³/mol. The van der Waals surface area contributed by atoms with Gasteiger partial charge in [-0.25, -0.2) is 0 Å². The lowest BCUT2D eigenvalue weighted by molar-refractivity contribution is -0.137. The molecule has 1 saturated heterocycles. The molecule has 0 amide bonds. The molecule has 1 aromatic rings. The van der Waals surface area contributed by atoms with Crippen LogP contribution in [0.2, 0.25) is 0 Å². The van der Waals surface area contributed by atoms with E-state index in [1.165, 1.54) is 12.1 Å². The van der Waals surface area contributed by atoms with Crippen molar-refractivity contribution in [2.75, 3.05) is 13.2 Å². The predicted octanol–water partition coefficient (Wildman–Crippen LogP) is 2.95. The van der Waals surface area contributed by atoms with Gasteiger partial charge in [0.25, 0.3) is 0 Å². The molecule has 1 fully saturated rings. The third-order valence-electron chi connectivity index (χ3n) is 3.50. The molecule has 1 heterocycles. The van der Waals surface area contributed by atoms with Crippen LogP contribution in [0.25, 0.3) is 0 Å². The Kier molecular flexibility index (Phi) is 3.38. The van der Waals surface area contributed by atoms with E-state index < -0.39 is 17.3 Å². The van der Waals surface area contributed by atoms with Gasteiger partial charge in [-0.3, -0.25) is 0 Å². The minimum absolute atomic E-state index is 0.166. The van der Waals surface area contributed by atoms with E-state index in [4.69, 9.17) is 4.74 Å². The maximum Gasteiger partial charge on any atom is 0.416 e. The van der Waals surface area contributed by atoms with Crippen LogP contribution in [0.1, 0.15) is 24.5 Å². The Morgan fingerprint density at radius 2 is 1.94 bits per heavy atom. The molecule has 2 atom stereocenters. The van der Waals surface area contributed by atoms with Crippen molar-refractivity contribution in [3.63, 3.8) is 0 Å². The molecule has 1 aliphatic heterocycles. The van der Waals surface area contributed by atoms with E-state index in [2.05, 4.69) is 0 Å². The van der Waals surface area contributed by atoms with Gasteiger partial charge in [-0.15, -0.1) is 0 Å². The minimum atomic E-state index is -4.39. The summed E-state index contributed by atoms with van der Waals surface area (Å²) >= 11 is 0. The monoisotopic (exact) mass is 260 g/mol. The molecule has 2 nitrogen and oxygen atoms in total. The highest BCUT2D eigenvalue weighted by molar-refractivity contribution is 5.30. The second-order valence-electron chi connectivity index (χ2n) is 4.79. The van der Waals surface area contributed by atoms with Crippen molar-refractivity contribution >= 4 is 0 Å². The van der Waals surface area contributed by atoms with Crippen LogP contribution in [0, 0.1) is 5.92 Å². The Bertz CT molecular complexity index is 420. The molecule has 0 bridgehead atoms. The van der Waals surface area contributed by atoms with Crippen molar-refractivity contribution in [3.05, 3.63) is 35.4 Å². The molecule has 0 aliphatic carbocycles. The number of hydrogen-bond donors (Lipinski definition) is 1. The summed E-state index contributed by atoms with van der Waals surface area (Å²) in [6.45, 7) is 2.46. The Labute approximate surface area is 103 Å². The van der Waals surface area contributed by atoms with Crippen molar-refractivity contribution in [2.45, 2.75) is 25.1 Å². The third-order valence-corrected chi connectivity index (χ3v) is 3.50. The molecule has 100 valence electrons. The van der Waals surface area contributed by atoms with Crippen LogP contribution in [-0.4, -0.2) is 18.3 Å². The Morgan fingerprint density at radius 3 is 2.50 bits per heavy atom. The molecule has 0 saturated carbocycles. The second kappa shape index (κ2) is 4.55. The average Bonchev–Trinajstić information content (AvgIpc) is 2.82. The summed E-state index contributed by atoms with van der Waals surface area (Å²) in [5, 5.41) is 10.4. The maximum absolute atomic E-state index is 12.6. The fraction of sp³-hybridized carbons (Fsp3) is 0.538. The van der Waals surface area contributed by atoms with Crippen molar-refractivity contribution < 1.29 is 23.0 Å². The standard InChI is InChI=1S/C13H15F3O2/c1-12(17,11-5-6-18-8-11)9-3-2-4-10(7-9)13(14,15)16/h2-4,7,11,17H,5-6,8H2,1H3. The van der Waals surface area contributed by atoms with Crippen LogP contribution in [0.3, 0.4) is 0 Å². The summed E-state index contributed by atoms with van der Waals surface area (Å²) in [4.78, 5) is 0. The van der Waals surface area contributed by atoms with Gasteiger partial charge in [-0.05, 0) is 31.0 Å². The van der Waals surface area contributed by atoms with Gasteiger partial charge in [-0.2, -0.15) is 13.2 Å². The normalized spacial score (nSPS) is 23.9.